The quantitative estimate of drug-likeness (QED) is 0.550. The number of carbonyl (C=O) groups is 2. The van der Waals surface area contributed by atoms with Gasteiger partial charge in [-0.15, -0.1) is 0 Å². The van der Waals surface area contributed by atoms with Gasteiger partial charge in [0.25, 0.3) is 0 Å². The van der Waals surface area contributed by atoms with E-state index >= 15 is 0 Å². The highest BCUT2D eigenvalue weighted by atomic mass is 16.7. The van der Waals surface area contributed by atoms with E-state index < -0.39 is 6.29 Å². The molecule has 1 saturated heterocycles. The molecule has 0 bridgehead atoms. The van der Waals surface area contributed by atoms with Crippen molar-refractivity contribution >= 4 is 11.8 Å². The number of aliphatic hydroxyl groups excluding tert-OH is 1. The van der Waals surface area contributed by atoms with E-state index in [-0.39, 0.29) is 30.6 Å². The maximum absolute atomic E-state index is 11.4. The van der Waals surface area contributed by atoms with Gasteiger partial charge in [-0.2, -0.15) is 0 Å². The highest BCUT2D eigenvalue weighted by molar-refractivity contribution is 5.95. The zero-order chi connectivity index (χ0) is 12.8. The van der Waals surface area contributed by atoms with E-state index in [1.54, 1.807) is 6.92 Å². The van der Waals surface area contributed by atoms with Crippen LogP contribution in [-0.4, -0.2) is 49.2 Å². The second-order valence-electron chi connectivity index (χ2n) is 3.92. The molecule has 0 aromatic carbocycles. The first-order valence-corrected chi connectivity index (χ1v) is 5.45. The third-order valence-electron chi connectivity index (χ3n) is 2.30. The molecule has 3 N–H and O–H groups in total. The van der Waals surface area contributed by atoms with Gasteiger partial charge >= 0.3 is 0 Å². The number of carbonyl (C=O) groups excluding carboxylic acids is 2. The fraction of sp³-hybridized carbons (Fsp3) is 0.800. The van der Waals surface area contributed by atoms with Crippen LogP contribution in [0.5, 0.6) is 0 Å². The summed E-state index contributed by atoms with van der Waals surface area (Å²) in [4.78, 5) is 22.1. The molecule has 0 aliphatic carbocycles. The van der Waals surface area contributed by atoms with Crippen LogP contribution in [0.3, 0.4) is 0 Å². The van der Waals surface area contributed by atoms with Crippen molar-refractivity contribution in [2.75, 3.05) is 19.8 Å². The van der Waals surface area contributed by atoms with Crippen molar-refractivity contribution < 1.29 is 24.2 Å². The molecule has 3 unspecified atom stereocenters. The molecule has 2 amide bonds. The summed E-state index contributed by atoms with van der Waals surface area (Å²) in [5.41, 5.74) is 0. The highest BCUT2D eigenvalue weighted by Gasteiger charge is 2.25. The molecule has 0 radical (unpaired) electrons. The monoisotopic (exact) mass is 246 g/mol. The Kier molecular flexibility index (Phi) is 5.49. The van der Waals surface area contributed by atoms with Crippen LogP contribution >= 0.6 is 0 Å². The fourth-order valence-electron chi connectivity index (χ4n) is 1.36. The van der Waals surface area contributed by atoms with E-state index in [0.29, 0.717) is 13.2 Å². The maximum atomic E-state index is 11.4. The molecule has 1 aliphatic heterocycles. The number of ether oxygens (including phenoxy) is 2. The predicted octanol–water partition coefficient (Wildman–Crippen LogP) is -1.43. The lowest BCUT2D eigenvalue weighted by molar-refractivity contribution is -0.131. The van der Waals surface area contributed by atoms with Gasteiger partial charge in [0.2, 0.25) is 11.8 Å². The van der Waals surface area contributed by atoms with Gasteiger partial charge in [-0.05, 0) is 0 Å². The molecular formula is C10H18N2O5. The van der Waals surface area contributed by atoms with Gasteiger partial charge < -0.3 is 14.6 Å². The van der Waals surface area contributed by atoms with Gasteiger partial charge in [-0.25, -0.2) is 0 Å². The standard InChI is InChI=1S/C10H18N2O5/c1-6(10(15)12-7(2)14)3-11-8-5-16-9(4-13)17-8/h6,8-9,11,13H,3-5H2,1-2H3,(H,12,14,15). The molecule has 7 nitrogen and oxygen atoms in total. The molecule has 1 aliphatic rings. The van der Waals surface area contributed by atoms with Crippen molar-refractivity contribution in [2.45, 2.75) is 26.4 Å². The predicted molar refractivity (Wildman–Crippen MR) is 57.7 cm³/mol. The van der Waals surface area contributed by atoms with E-state index in [0.717, 1.165) is 0 Å². The van der Waals surface area contributed by atoms with Crippen molar-refractivity contribution in [3.8, 4) is 0 Å². The zero-order valence-corrected chi connectivity index (χ0v) is 9.93. The van der Waals surface area contributed by atoms with Gasteiger partial charge in [0.15, 0.2) is 6.29 Å². The van der Waals surface area contributed by atoms with Crippen LogP contribution < -0.4 is 10.6 Å². The summed E-state index contributed by atoms with van der Waals surface area (Å²) in [6.07, 6.45) is -0.936. The molecule has 1 heterocycles. The number of imide groups is 1. The third kappa shape index (κ3) is 4.78. The van der Waals surface area contributed by atoms with Crippen LogP contribution in [0.1, 0.15) is 13.8 Å². The largest absolute Gasteiger partial charge is 0.391 e. The van der Waals surface area contributed by atoms with Gasteiger partial charge in [0.05, 0.1) is 13.2 Å². The Labute approximate surface area is 99.5 Å². The topological polar surface area (TPSA) is 96.9 Å². The number of aliphatic hydroxyl groups is 1. The lowest BCUT2D eigenvalue weighted by Crippen LogP contribution is -2.41. The van der Waals surface area contributed by atoms with Gasteiger partial charge in [0, 0.05) is 19.4 Å². The Morgan fingerprint density at radius 1 is 1.53 bits per heavy atom. The van der Waals surface area contributed by atoms with E-state index in [9.17, 15) is 9.59 Å². The van der Waals surface area contributed by atoms with Crippen LogP contribution in [0.4, 0.5) is 0 Å². The Bertz CT molecular complexity index is 284. The summed E-state index contributed by atoms with van der Waals surface area (Å²) in [6.45, 7) is 3.48. The van der Waals surface area contributed by atoms with Crippen LogP contribution in [0.15, 0.2) is 0 Å². The van der Waals surface area contributed by atoms with Crippen LogP contribution in [0.2, 0.25) is 0 Å². The fourth-order valence-corrected chi connectivity index (χ4v) is 1.36. The summed E-state index contributed by atoms with van der Waals surface area (Å²) in [7, 11) is 0. The Hall–Kier alpha value is -1.02. The summed E-state index contributed by atoms with van der Waals surface area (Å²) in [6, 6.07) is 0. The van der Waals surface area contributed by atoms with Crippen molar-refractivity contribution in [3.63, 3.8) is 0 Å². The molecule has 17 heavy (non-hydrogen) atoms. The van der Waals surface area contributed by atoms with E-state index in [1.165, 1.54) is 6.92 Å². The normalized spacial score (nSPS) is 25.6. The lowest BCUT2D eigenvalue weighted by atomic mass is 10.1. The number of nitrogens with one attached hydrogen (secondary N) is 2. The molecule has 3 atom stereocenters. The number of hydrogen-bond donors (Lipinski definition) is 3. The van der Waals surface area contributed by atoms with E-state index in [2.05, 4.69) is 10.6 Å². The van der Waals surface area contributed by atoms with E-state index in [1.807, 2.05) is 0 Å². The summed E-state index contributed by atoms with van der Waals surface area (Å²) in [5.74, 6) is -1.05. The summed E-state index contributed by atoms with van der Waals surface area (Å²) < 4.78 is 10.3. The lowest BCUT2D eigenvalue weighted by Gasteiger charge is -2.15. The molecule has 1 rings (SSSR count). The average molecular weight is 246 g/mol. The molecule has 0 aromatic rings. The van der Waals surface area contributed by atoms with E-state index in [4.69, 9.17) is 14.6 Å². The first-order chi connectivity index (χ1) is 8.02. The SMILES string of the molecule is CC(=O)NC(=O)C(C)CNC1COC(CO)O1. The van der Waals surface area contributed by atoms with Crippen LogP contribution in [0, 0.1) is 5.92 Å². The summed E-state index contributed by atoms with van der Waals surface area (Å²) in [5, 5.41) is 13.9. The number of rotatable bonds is 5. The van der Waals surface area contributed by atoms with Crippen LogP contribution in [0.25, 0.3) is 0 Å². The van der Waals surface area contributed by atoms with Crippen molar-refractivity contribution in [1.29, 1.82) is 0 Å². The zero-order valence-electron chi connectivity index (χ0n) is 9.93. The molecule has 0 aromatic heterocycles. The molecule has 1 fully saturated rings. The minimum Gasteiger partial charge on any atom is -0.391 e. The molecular weight excluding hydrogens is 228 g/mol. The minimum absolute atomic E-state index is 0.196. The average Bonchev–Trinajstić information content (AvgIpc) is 2.72. The third-order valence-corrected chi connectivity index (χ3v) is 2.30. The Balaban J connectivity index is 2.22. The molecule has 0 saturated carbocycles. The molecule has 98 valence electrons. The number of amides is 2. The number of hydrogen-bond acceptors (Lipinski definition) is 6. The second kappa shape index (κ2) is 6.65. The van der Waals surface area contributed by atoms with Gasteiger partial charge in [-0.1, -0.05) is 6.92 Å². The Morgan fingerprint density at radius 2 is 2.24 bits per heavy atom. The van der Waals surface area contributed by atoms with Crippen molar-refractivity contribution in [3.05, 3.63) is 0 Å². The second-order valence-corrected chi connectivity index (χ2v) is 3.92. The van der Waals surface area contributed by atoms with Crippen molar-refractivity contribution in [1.82, 2.24) is 10.6 Å². The smallest absolute Gasteiger partial charge is 0.230 e. The Morgan fingerprint density at radius 3 is 2.76 bits per heavy atom. The molecule has 0 spiro atoms. The van der Waals surface area contributed by atoms with Crippen molar-refractivity contribution in [2.24, 2.45) is 5.92 Å². The first kappa shape index (κ1) is 14.0. The van der Waals surface area contributed by atoms with Gasteiger partial charge in [-0.3, -0.25) is 20.2 Å². The van der Waals surface area contributed by atoms with Crippen LogP contribution in [-0.2, 0) is 19.1 Å². The highest BCUT2D eigenvalue weighted by Crippen LogP contribution is 2.08. The maximum Gasteiger partial charge on any atom is 0.230 e. The first-order valence-electron chi connectivity index (χ1n) is 5.45. The molecule has 7 heteroatoms. The summed E-state index contributed by atoms with van der Waals surface area (Å²) >= 11 is 0. The minimum atomic E-state index is -0.603. The van der Waals surface area contributed by atoms with Gasteiger partial charge in [0.1, 0.15) is 6.23 Å².